The van der Waals surface area contributed by atoms with Gasteiger partial charge in [-0.2, -0.15) is 0 Å². The van der Waals surface area contributed by atoms with Crippen molar-refractivity contribution in [2.24, 2.45) is 0 Å². The average molecular weight is 229 g/mol. The Hall–Kier alpha value is -1.81. The second-order valence-corrected chi connectivity index (χ2v) is 4.47. The molecule has 1 saturated heterocycles. The van der Waals surface area contributed by atoms with Crippen molar-refractivity contribution in [1.29, 1.82) is 0 Å². The van der Waals surface area contributed by atoms with Gasteiger partial charge < -0.3 is 15.4 Å². The summed E-state index contributed by atoms with van der Waals surface area (Å²) in [5.74, 6) is 1.77. The summed E-state index contributed by atoms with van der Waals surface area (Å²) in [4.78, 5) is 7.92. The molecular weight excluding hydrogens is 214 g/mol. The molecule has 2 aromatic rings. The molecule has 1 aliphatic rings. The van der Waals surface area contributed by atoms with Crippen molar-refractivity contribution in [3.63, 3.8) is 0 Å². The van der Waals surface area contributed by atoms with Gasteiger partial charge in [0.25, 0.3) is 0 Å². The molecule has 0 amide bonds. The first kappa shape index (κ1) is 10.4. The highest BCUT2D eigenvalue weighted by molar-refractivity contribution is 5.68. The van der Waals surface area contributed by atoms with Crippen molar-refractivity contribution in [2.45, 2.75) is 12.8 Å². The molecule has 0 aliphatic carbocycles. The number of hydrogen-bond donors (Lipinski definition) is 3. The van der Waals surface area contributed by atoms with Crippen LogP contribution in [0.4, 0.5) is 0 Å². The molecule has 0 bridgehead atoms. The van der Waals surface area contributed by atoms with Gasteiger partial charge in [-0.15, -0.1) is 0 Å². The summed E-state index contributed by atoms with van der Waals surface area (Å²) >= 11 is 0. The lowest BCUT2D eigenvalue weighted by molar-refractivity contribution is 0.432. The van der Waals surface area contributed by atoms with Gasteiger partial charge in [0.2, 0.25) is 0 Å². The molecule has 0 spiro atoms. The fourth-order valence-electron chi connectivity index (χ4n) is 2.10. The Morgan fingerprint density at radius 1 is 1.29 bits per heavy atom. The Kier molecular flexibility index (Phi) is 2.37. The lowest BCUT2D eigenvalue weighted by Crippen LogP contribution is -2.40. The Morgan fingerprint density at radius 2 is 2.06 bits per heavy atom. The fraction of sp³-hybridized carbons (Fsp3) is 0.308. The first-order valence-corrected chi connectivity index (χ1v) is 5.81. The number of aryl methyl sites for hydroxylation is 1. The maximum atomic E-state index is 9.84. The van der Waals surface area contributed by atoms with E-state index in [2.05, 4.69) is 15.3 Å². The standard InChI is InChI=1S/C13H15N3O/c1-8-12(10-4-2-3-5-11(10)17)16-13(15-8)9-6-14-7-9/h2-5,9,14,17H,6-7H2,1H3,(H,15,16). The van der Waals surface area contributed by atoms with Crippen molar-refractivity contribution >= 4 is 0 Å². The van der Waals surface area contributed by atoms with E-state index in [1.807, 2.05) is 25.1 Å². The molecule has 1 aromatic heterocycles. The van der Waals surface area contributed by atoms with E-state index in [1.54, 1.807) is 6.07 Å². The summed E-state index contributed by atoms with van der Waals surface area (Å²) in [5.41, 5.74) is 2.65. The summed E-state index contributed by atoms with van der Waals surface area (Å²) in [6, 6.07) is 7.31. The van der Waals surface area contributed by atoms with Crippen LogP contribution in [0.1, 0.15) is 17.4 Å². The van der Waals surface area contributed by atoms with E-state index in [0.717, 1.165) is 35.9 Å². The fourth-order valence-corrected chi connectivity index (χ4v) is 2.10. The maximum absolute atomic E-state index is 9.84. The SMILES string of the molecule is Cc1[nH]c(C2CNC2)nc1-c1ccccc1O. The first-order valence-electron chi connectivity index (χ1n) is 5.81. The quantitative estimate of drug-likeness (QED) is 0.735. The van der Waals surface area contributed by atoms with E-state index in [4.69, 9.17) is 0 Å². The number of phenolic OH excluding ortho intramolecular Hbond substituents is 1. The van der Waals surface area contributed by atoms with Crippen molar-refractivity contribution in [1.82, 2.24) is 15.3 Å². The van der Waals surface area contributed by atoms with Gasteiger partial charge in [-0.1, -0.05) is 12.1 Å². The largest absolute Gasteiger partial charge is 0.507 e. The van der Waals surface area contributed by atoms with Crippen LogP contribution in [0.3, 0.4) is 0 Å². The summed E-state index contributed by atoms with van der Waals surface area (Å²) in [6.07, 6.45) is 0. The van der Waals surface area contributed by atoms with E-state index >= 15 is 0 Å². The van der Waals surface area contributed by atoms with E-state index in [1.165, 1.54) is 0 Å². The third kappa shape index (κ3) is 1.70. The third-order valence-corrected chi connectivity index (χ3v) is 3.23. The zero-order chi connectivity index (χ0) is 11.8. The Balaban J connectivity index is 2.03. The lowest BCUT2D eigenvalue weighted by atomic mass is 10.0. The van der Waals surface area contributed by atoms with Crippen molar-refractivity contribution < 1.29 is 5.11 Å². The van der Waals surface area contributed by atoms with Crippen LogP contribution in [0, 0.1) is 6.92 Å². The predicted octanol–water partition coefficient (Wildman–Crippen LogP) is 1.78. The Morgan fingerprint density at radius 3 is 2.71 bits per heavy atom. The van der Waals surface area contributed by atoms with Gasteiger partial charge in [-0.05, 0) is 19.1 Å². The van der Waals surface area contributed by atoms with E-state index in [0.29, 0.717) is 5.92 Å². The molecule has 3 rings (SSSR count). The smallest absolute Gasteiger partial charge is 0.125 e. The highest BCUT2D eigenvalue weighted by Crippen LogP contribution is 2.31. The number of hydrogen-bond acceptors (Lipinski definition) is 3. The number of nitrogens with one attached hydrogen (secondary N) is 2. The summed E-state index contributed by atoms with van der Waals surface area (Å²) < 4.78 is 0. The topological polar surface area (TPSA) is 60.9 Å². The molecule has 3 N–H and O–H groups in total. The molecule has 0 unspecified atom stereocenters. The minimum atomic E-state index is 0.278. The highest BCUT2D eigenvalue weighted by Gasteiger charge is 2.23. The number of benzene rings is 1. The number of imidazole rings is 1. The van der Waals surface area contributed by atoms with Gasteiger partial charge in [0.05, 0.1) is 5.69 Å². The van der Waals surface area contributed by atoms with E-state index < -0.39 is 0 Å². The summed E-state index contributed by atoms with van der Waals surface area (Å²) in [6.45, 7) is 3.95. The zero-order valence-corrected chi connectivity index (χ0v) is 9.70. The molecule has 1 aromatic carbocycles. The number of phenols is 1. The second kappa shape index (κ2) is 3.89. The van der Waals surface area contributed by atoms with Crippen molar-refractivity contribution in [2.75, 3.05) is 13.1 Å². The van der Waals surface area contributed by atoms with Crippen LogP contribution in [0.25, 0.3) is 11.3 Å². The average Bonchev–Trinajstić information content (AvgIpc) is 2.58. The highest BCUT2D eigenvalue weighted by atomic mass is 16.3. The van der Waals surface area contributed by atoms with Crippen LogP contribution in [0.15, 0.2) is 24.3 Å². The van der Waals surface area contributed by atoms with Crippen LogP contribution in [-0.2, 0) is 0 Å². The Labute approximate surface area is 99.7 Å². The second-order valence-electron chi connectivity index (χ2n) is 4.47. The number of nitrogens with zero attached hydrogens (tertiary/aromatic N) is 1. The minimum absolute atomic E-state index is 0.278. The first-order chi connectivity index (χ1) is 8.25. The normalized spacial score (nSPS) is 15.8. The van der Waals surface area contributed by atoms with Crippen LogP contribution in [0.5, 0.6) is 5.75 Å². The zero-order valence-electron chi connectivity index (χ0n) is 9.70. The molecule has 1 aliphatic heterocycles. The molecule has 0 atom stereocenters. The van der Waals surface area contributed by atoms with Crippen LogP contribution >= 0.6 is 0 Å². The predicted molar refractivity (Wildman–Crippen MR) is 66.0 cm³/mol. The molecule has 4 nitrogen and oxygen atoms in total. The summed E-state index contributed by atoms with van der Waals surface area (Å²) in [7, 11) is 0. The maximum Gasteiger partial charge on any atom is 0.125 e. The molecule has 1 fully saturated rings. The van der Waals surface area contributed by atoms with Crippen molar-refractivity contribution in [3.05, 3.63) is 35.8 Å². The van der Waals surface area contributed by atoms with Crippen LogP contribution in [0.2, 0.25) is 0 Å². The van der Waals surface area contributed by atoms with Gasteiger partial charge >= 0.3 is 0 Å². The number of rotatable bonds is 2. The van der Waals surface area contributed by atoms with Gasteiger partial charge in [0.1, 0.15) is 11.6 Å². The Bertz CT molecular complexity index is 543. The minimum Gasteiger partial charge on any atom is -0.507 e. The van der Waals surface area contributed by atoms with Crippen molar-refractivity contribution in [3.8, 4) is 17.0 Å². The van der Waals surface area contributed by atoms with E-state index in [9.17, 15) is 5.11 Å². The molecule has 88 valence electrons. The monoisotopic (exact) mass is 229 g/mol. The van der Waals surface area contributed by atoms with Crippen LogP contribution < -0.4 is 5.32 Å². The molecular formula is C13H15N3O. The van der Waals surface area contributed by atoms with E-state index in [-0.39, 0.29) is 5.75 Å². The number of H-pyrrole nitrogens is 1. The number of para-hydroxylation sites is 1. The van der Waals surface area contributed by atoms with Gasteiger partial charge in [-0.25, -0.2) is 4.98 Å². The molecule has 0 saturated carbocycles. The molecule has 4 heteroatoms. The lowest BCUT2D eigenvalue weighted by Gasteiger charge is -2.24. The molecule has 17 heavy (non-hydrogen) atoms. The van der Waals surface area contributed by atoms with Gasteiger partial charge in [-0.3, -0.25) is 0 Å². The molecule has 2 heterocycles. The third-order valence-electron chi connectivity index (χ3n) is 3.23. The number of aromatic nitrogens is 2. The number of aromatic amines is 1. The van der Waals surface area contributed by atoms with Crippen LogP contribution in [-0.4, -0.2) is 28.2 Å². The van der Waals surface area contributed by atoms with Gasteiger partial charge in [0.15, 0.2) is 0 Å². The summed E-state index contributed by atoms with van der Waals surface area (Å²) in [5, 5.41) is 13.1. The van der Waals surface area contributed by atoms with Gasteiger partial charge in [0, 0.05) is 30.3 Å². The number of aromatic hydroxyl groups is 1. The molecule has 0 radical (unpaired) electrons.